The van der Waals surface area contributed by atoms with Gasteiger partial charge in [0.1, 0.15) is 30.8 Å². The zero-order valence-electron chi connectivity index (χ0n) is 11.2. The molecule has 1 aromatic heterocycles. The minimum absolute atomic E-state index is 0.182. The van der Waals surface area contributed by atoms with Gasteiger partial charge in [-0.3, -0.25) is 4.79 Å². The molecule has 1 aliphatic rings. The third-order valence-corrected chi connectivity index (χ3v) is 4.09. The van der Waals surface area contributed by atoms with E-state index in [4.69, 9.17) is 5.11 Å². The van der Waals surface area contributed by atoms with Gasteiger partial charge in [0, 0.05) is 30.5 Å². The summed E-state index contributed by atoms with van der Waals surface area (Å²) in [5, 5.41) is 11.3. The number of aliphatic carboxylic acids is 1. The van der Waals surface area contributed by atoms with Crippen molar-refractivity contribution in [2.45, 2.75) is 0 Å². The molecule has 0 amide bonds. The normalized spacial score (nSPS) is 17.8. The van der Waals surface area contributed by atoms with E-state index in [2.05, 4.69) is 20.2 Å². The summed E-state index contributed by atoms with van der Waals surface area (Å²) in [5.74, 6) is 0.289. The largest absolute Gasteiger partial charge is 0.598 e. The van der Waals surface area contributed by atoms with Crippen LogP contribution in [0.2, 0.25) is 0 Å². The Kier molecular flexibility index (Phi) is 4.99. The highest BCUT2D eigenvalue weighted by molar-refractivity contribution is 7.88. The first-order chi connectivity index (χ1) is 9.56. The first kappa shape index (κ1) is 14.8. The van der Waals surface area contributed by atoms with Gasteiger partial charge in [-0.15, -0.1) is 4.31 Å². The van der Waals surface area contributed by atoms with Gasteiger partial charge in [0.2, 0.25) is 0 Å². The van der Waals surface area contributed by atoms with E-state index in [9.17, 15) is 9.35 Å². The monoisotopic (exact) mass is 299 g/mol. The SMILES string of the molecule is C[S+]([O-])N1CCN(c2cc(NCC(=O)O)ncn2)CC1. The van der Waals surface area contributed by atoms with Gasteiger partial charge in [0.25, 0.3) is 0 Å². The number of nitrogens with zero attached hydrogens (tertiary/aromatic N) is 4. The molecule has 0 spiro atoms. The number of carbonyl (C=O) groups is 1. The molecular weight excluding hydrogens is 282 g/mol. The summed E-state index contributed by atoms with van der Waals surface area (Å²) >= 11 is -0.940. The Morgan fingerprint density at radius 1 is 1.45 bits per heavy atom. The molecule has 8 nitrogen and oxygen atoms in total. The molecule has 0 aliphatic carbocycles. The van der Waals surface area contributed by atoms with Crippen LogP contribution in [-0.4, -0.2) is 68.9 Å². The lowest BCUT2D eigenvalue weighted by Crippen LogP contribution is -2.48. The van der Waals surface area contributed by atoms with Gasteiger partial charge >= 0.3 is 5.97 Å². The van der Waals surface area contributed by atoms with Crippen LogP contribution in [0.3, 0.4) is 0 Å². The Balaban J connectivity index is 1.96. The van der Waals surface area contributed by atoms with Crippen LogP contribution in [0, 0.1) is 0 Å². The van der Waals surface area contributed by atoms with E-state index >= 15 is 0 Å². The van der Waals surface area contributed by atoms with Crippen LogP contribution in [0.25, 0.3) is 0 Å². The molecule has 0 radical (unpaired) electrons. The van der Waals surface area contributed by atoms with Crippen LogP contribution >= 0.6 is 0 Å². The Hall–Kier alpha value is -1.58. The van der Waals surface area contributed by atoms with E-state index in [-0.39, 0.29) is 6.54 Å². The quantitative estimate of drug-likeness (QED) is 0.694. The van der Waals surface area contributed by atoms with Crippen molar-refractivity contribution in [3.63, 3.8) is 0 Å². The number of aromatic nitrogens is 2. The van der Waals surface area contributed by atoms with Gasteiger partial charge in [-0.2, -0.15) is 0 Å². The number of nitrogens with one attached hydrogen (secondary N) is 1. The van der Waals surface area contributed by atoms with Crippen molar-refractivity contribution in [3.8, 4) is 0 Å². The minimum atomic E-state index is -0.941. The fourth-order valence-electron chi connectivity index (χ4n) is 1.96. The molecule has 1 fully saturated rings. The summed E-state index contributed by atoms with van der Waals surface area (Å²) in [6.45, 7) is 2.71. The molecule has 0 saturated carbocycles. The summed E-state index contributed by atoms with van der Waals surface area (Å²) in [6.07, 6.45) is 3.08. The molecule has 110 valence electrons. The van der Waals surface area contributed by atoms with Crippen LogP contribution in [0.5, 0.6) is 0 Å². The van der Waals surface area contributed by atoms with E-state index in [0.717, 1.165) is 18.9 Å². The van der Waals surface area contributed by atoms with Crippen LogP contribution < -0.4 is 10.2 Å². The molecule has 2 heterocycles. The first-order valence-electron chi connectivity index (χ1n) is 6.17. The second-order valence-corrected chi connectivity index (χ2v) is 5.71. The van der Waals surface area contributed by atoms with E-state index < -0.39 is 17.3 Å². The fourth-order valence-corrected chi connectivity index (χ4v) is 2.63. The standard InChI is InChI=1S/C11H17N5O3S/c1-20(19)16-4-2-15(3-5-16)10-6-9(13-8-14-10)12-7-11(17)18/h6,8H,2-5,7H2,1H3,(H,17,18)(H,12,13,14). The van der Waals surface area contributed by atoms with E-state index in [1.54, 1.807) is 12.3 Å². The molecule has 1 unspecified atom stereocenters. The van der Waals surface area contributed by atoms with Crippen LogP contribution in [0.1, 0.15) is 0 Å². The first-order valence-corrected chi connectivity index (χ1v) is 7.69. The van der Waals surface area contributed by atoms with Crippen LogP contribution in [-0.2, 0) is 16.2 Å². The van der Waals surface area contributed by atoms with Gasteiger partial charge in [0.15, 0.2) is 0 Å². The molecule has 0 bridgehead atoms. The summed E-state index contributed by atoms with van der Waals surface area (Å²) in [6, 6.07) is 1.72. The Morgan fingerprint density at radius 3 is 2.75 bits per heavy atom. The Bertz CT molecular complexity index is 465. The lowest BCUT2D eigenvalue weighted by atomic mass is 10.3. The lowest BCUT2D eigenvalue weighted by Gasteiger charge is -2.34. The zero-order chi connectivity index (χ0) is 14.5. The third-order valence-electron chi connectivity index (χ3n) is 3.00. The summed E-state index contributed by atoms with van der Waals surface area (Å²) in [5.41, 5.74) is 0. The molecule has 9 heteroatoms. The molecule has 2 rings (SSSR count). The highest BCUT2D eigenvalue weighted by Crippen LogP contribution is 2.16. The number of carboxylic acids is 1. The van der Waals surface area contributed by atoms with E-state index in [0.29, 0.717) is 18.9 Å². The van der Waals surface area contributed by atoms with Gasteiger partial charge < -0.3 is 19.9 Å². The molecule has 20 heavy (non-hydrogen) atoms. The topological polar surface area (TPSA) is 105 Å². The van der Waals surface area contributed by atoms with Crippen molar-refractivity contribution in [2.75, 3.05) is 49.2 Å². The van der Waals surface area contributed by atoms with E-state index in [1.165, 1.54) is 6.33 Å². The molecule has 1 aromatic rings. The minimum Gasteiger partial charge on any atom is -0.598 e. The smallest absolute Gasteiger partial charge is 0.322 e. The van der Waals surface area contributed by atoms with Crippen molar-refractivity contribution in [1.29, 1.82) is 0 Å². The van der Waals surface area contributed by atoms with Gasteiger partial charge in [0.05, 0.1) is 13.1 Å². The Morgan fingerprint density at radius 2 is 2.15 bits per heavy atom. The molecule has 2 N–H and O–H groups in total. The molecule has 1 aliphatic heterocycles. The summed E-state index contributed by atoms with van der Waals surface area (Å²) in [4.78, 5) is 20.7. The van der Waals surface area contributed by atoms with Crippen LogP contribution in [0.4, 0.5) is 11.6 Å². The molecule has 1 saturated heterocycles. The lowest BCUT2D eigenvalue weighted by molar-refractivity contribution is -0.134. The van der Waals surface area contributed by atoms with Gasteiger partial charge in [-0.05, 0) is 0 Å². The second-order valence-electron chi connectivity index (χ2n) is 4.35. The van der Waals surface area contributed by atoms with Crippen molar-refractivity contribution >= 4 is 29.0 Å². The highest BCUT2D eigenvalue weighted by atomic mass is 32.2. The van der Waals surface area contributed by atoms with Crippen molar-refractivity contribution < 1.29 is 14.5 Å². The maximum atomic E-state index is 11.4. The number of hydrogen-bond donors (Lipinski definition) is 2. The predicted octanol–water partition coefficient (Wildman–Crippen LogP) is -0.611. The zero-order valence-corrected chi connectivity index (χ0v) is 12.0. The average molecular weight is 299 g/mol. The number of hydrogen-bond acceptors (Lipinski definition) is 7. The number of rotatable bonds is 5. The predicted molar refractivity (Wildman–Crippen MR) is 76.0 cm³/mol. The molecule has 1 atom stereocenters. The van der Waals surface area contributed by atoms with Crippen molar-refractivity contribution in [2.24, 2.45) is 0 Å². The summed E-state index contributed by atoms with van der Waals surface area (Å²) in [7, 11) is 0. The maximum absolute atomic E-state index is 11.4. The fraction of sp³-hybridized carbons (Fsp3) is 0.545. The second kappa shape index (κ2) is 6.73. The average Bonchev–Trinajstić information content (AvgIpc) is 2.45. The van der Waals surface area contributed by atoms with Crippen LogP contribution in [0.15, 0.2) is 12.4 Å². The van der Waals surface area contributed by atoms with Gasteiger partial charge in [-0.1, -0.05) is 0 Å². The number of piperazine rings is 1. The van der Waals surface area contributed by atoms with Crippen molar-refractivity contribution in [3.05, 3.63) is 12.4 Å². The molecular formula is C11H17N5O3S. The maximum Gasteiger partial charge on any atom is 0.322 e. The Labute approximate surface area is 120 Å². The highest BCUT2D eigenvalue weighted by Gasteiger charge is 2.23. The van der Waals surface area contributed by atoms with Crippen molar-refractivity contribution in [1.82, 2.24) is 14.3 Å². The van der Waals surface area contributed by atoms with E-state index in [1.807, 2.05) is 4.31 Å². The number of anilines is 2. The number of carboxylic acid groups (broad SMARTS) is 1. The third kappa shape index (κ3) is 3.95. The molecule has 0 aromatic carbocycles. The van der Waals surface area contributed by atoms with Gasteiger partial charge in [-0.25, -0.2) is 9.97 Å². The summed E-state index contributed by atoms with van der Waals surface area (Å²) < 4.78 is 13.3.